The largest absolute Gasteiger partial charge is 0.497 e. The molecule has 42 heavy (non-hydrogen) atoms. The van der Waals surface area contributed by atoms with Crippen LogP contribution < -0.4 is 14.8 Å². The second-order valence-corrected chi connectivity index (χ2v) is 10.6. The molecule has 1 N–H and O–H groups in total. The highest BCUT2D eigenvalue weighted by Gasteiger charge is 2.27. The van der Waals surface area contributed by atoms with E-state index in [1.54, 1.807) is 7.11 Å². The number of hydrogen-bond acceptors (Lipinski definition) is 6. The Balaban J connectivity index is 1.20. The number of hydrogen-bond donors (Lipinski definition) is 1. The van der Waals surface area contributed by atoms with Gasteiger partial charge in [0, 0.05) is 32.4 Å². The molecule has 1 saturated heterocycles. The number of ether oxygens (including phenoxy) is 3. The fraction of sp³-hybridized carbons (Fsp3) is 0.382. The zero-order valence-electron chi connectivity index (χ0n) is 24.4. The van der Waals surface area contributed by atoms with Crippen LogP contribution in [0.1, 0.15) is 42.4 Å². The molecule has 1 aliphatic heterocycles. The van der Waals surface area contributed by atoms with Gasteiger partial charge in [-0.2, -0.15) is 0 Å². The molecule has 0 aromatic heterocycles. The van der Waals surface area contributed by atoms with Gasteiger partial charge in [-0.15, -0.1) is 0 Å². The third kappa shape index (κ3) is 9.36. The zero-order valence-corrected chi connectivity index (χ0v) is 24.4. The summed E-state index contributed by atoms with van der Waals surface area (Å²) < 4.78 is 16.1. The summed E-state index contributed by atoms with van der Waals surface area (Å²) in [4.78, 5) is 40.0. The van der Waals surface area contributed by atoms with Gasteiger partial charge in [-0.05, 0) is 66.1 Å². The van der Waals surface area contributed by atoms with E-state index in [4.69, 9.17) is 14.2 Å². The summed E-state index contributed by atoms with van der Waals surface area (Å²) in [7, 11) is 2.95. The maximum atomic E-state index is 12.9. The molecule has 0 saturated carbocycles. The van der Waals surface area contributed by atoms with Crippen LogP contribution in [0.15, 0.2) is 78.9 Å². The lowest BCUT2D eigenvalue weighted by Gasteiger charge is -2.32. The topological polar surface area (TPSA) is 94.2 Å². The third-order valence-electron chi connectivity index (χ3n) is 7.64. The van der Waals surface area contributed by atoms with E-state index in [2.05, 4.69) is 5.32 Å². The normalized spacial score (nSPS) is 14.1. The Labute approximate surface area is 248 Å². The molecule has 2 amide bonds. The van der Waals surface area contributed by atoms with Crippen LogP contribution in [0.2, 0.25) is 0 Å². The van der Waals surface area contributed by atoms with Gasteiger partial charge in [0.1, 0.15) is 24.1 Å². The predicted octanol–water partition coefficient (Wildman–Crippen LogP) is 4.74. The van der Waals surface area contributed by atoms with Crippen LogP contribution in [0.4, 0.5) is 0 Å². The van der Waals surface area contributed by atoms with Crippen molar-refractivity contribution < 1.29 is 28.6 Å². The van der Waals surface area contributed by atoms with Crippen LogP contribution in [0.25, 0.3) is 0 Å². The van der Waals surface area contributed by atoms with Crippen molar-refractivity contribution >= 4 is 17.8 Å². The Hall–Kier alpha value is -4.33. The molecule has 1 fully saturated rings. The van der Waals surface area contributed by atoms with Crippen molar-refractivity contribution in [3.63, 3.8) is 0 Å². The van der Waals surface area contributed by atoms with Crippen LogP contribution in [-0.4, -0.2) is 56.0 Å². The molecule has 4 rings (SSSR count). The Morgan fingerprint density at radius 2 is 1.57 bits per heavy atom. The first-order valence-corrected chi connectivity index (χ1v) is 14.5. The van der Waals surface area contributed by atoms with Crippen molar-refractivity contribution in [2.75, 3.05) is 27.3 Å². The first kappa shape index (κ1) is 30.6. The summed E-state index contributed by atoms with van der Waals surface area (Å²) in [6, 6.07) is 24.4. The maximum absolute atomic E-state index is 12.9. The maximum Gasteiger partial charge on any atom is 0.328 e. The Morgan fingerprint density at radius 3 is 2.26 bits per heavy atom. The number of benzene rings is 3. The molecular formula is C34H40N2O6. The average molecular weight is 573 g/mol. The second kappa shape index (κ2) is 15.6. The Bertz CT molecular complexity index is 1300. The monoisotopic (exact) mass is 572 g/mol. The van der Waals surface area contributed by atoms with E-state index in [1.165, 1.54) is 7.11 Å². The zero-order chi connectivity index (χ0) is 29.7. The number of nitrogens with zero attached hydrogens (tertiary/aromatic N) is 1. The van der Waals surface area contributed by atoms with Crippen molar-refractivity contribution in [2.24, 2.45) is 5.92 Å². The number of amides is 2. The van der Waals surface area contributed by atoms with Crippen LogP contribution in [0, 0.1) is 5.92 Å². The molecule has 1 atom stereocenters. The molecule has 1 heterocycles. The highest BCUT2D eigenvalue weighted by atomic mass is 16.5. The van der Waals surface area contributed by atoms with Crippen molar-refractivity contribution in [1.29, 1.82) is 0 Å². The quantitative estimate of drug-likeness (QED) is 0.298. The molecule has 3 aromatic carbocycles. The van der Waals surface area contributed by atoms with Crippen molar-refractivity contribution in [3.8, 4) is 11.5 Å². The van der Waals surface area contributed by atoms with Gasteiger partial charge in [0.25, 0.3) is 0 Å². The lowest BCUT2D eigenvalue weighted by atomic mass is 9.92. The van der Waals surface area contributed by atoms with Gasteiger partial charge >= 0.3 is 5.97 Å². The summed E-state index contributed by atoms with van der Waals surface area (Å²) in [6.45, 7) is 1.74. The lowest BCUT2D eigenvalue weighted by Crippen LogP contribution is -2.44. The molecule has 8 nitrogen and oxygen atoms in total. The molecule has 222 valence electrons. The summed E-state index contributed by atoms with van der Waals surface area (Å²) in [5, 5.41) is 2.87. The summed E-state index contributed by atoms with van der Waals surface area (Å²) in [6.07, 6.45) is 3.25. The standard InChI is InChI=1S/C34H40N2O6/c1-40-30-10-6-9-25(21-30)13-16-33(38)36-19-17-27(18-20-36)23-32(37)35-31(34(39)41-2)22-26-11-14-29(15-12-26)42-24-28-7-4-3-5-8-28/h3-12,14-15,21,27,31H,13,16-20,22-24H2,1-2H3,(H,35,37)/t31-/m0/s1. The van der Waals surface area contributed by atoms with Crippen molar-refractivity contribution in [1.82, 2.24) is 10.2 Å². The molecule has 0 radical (unpaired) electrons. The number of nitrogens with one attached hydrogen (secondary N) is 1. The smallest absolute Gasteiger partial charge is 0.328 e. The van der Waals surface area contributed by atoms with E-state index in [-0.39, 0.29) is 17.7 Å². The fourth-order valence-electron chi connectivity index (χ4n) is 5.17. The lowest BCUT2D eigenvalue weighted by molar-refractivity contribution is -0.145. The molecule has 0 aliphatic carbocycles. The first-order chi connectivity index (χ1) is 20.4. The fourth-order valence-corrected chi connectivity index (χ4v) is 5.17. The molecule has 0 spiro atoms. The summed E-state index contributed by atoms with van der Waals surface area (Å²) in [5.41, 5.74) is 3.04. The summed E-state index contributed by atoms with van der Waals surface area (Å²) in [5.74, 6) is 1.14. The number of esters is 1. The molecule has 3 aromatic rings. The molecule has 8 heteroatoms. The van der Waals surface area contributed by atoms with E-state index in [1.807, 2.05) is 83.8 Å². The summed E-state index contributed by atoms with van der Waals surface area (Å²) >= 11 is 0. The minimum atomic E-state index is -0.781. The number of carbonyl (C=O) groups is 3. The van der Waals surface area contributed by atoms with Crippen molar-refractivity contribution in [2.45, 2.75) is 51.2 Å². The van der Waals surface area contributed by atoms with Gasteiger partial charge in [-0.1, -0.05) is 54.6 Å². The van der Waals surface area contributed by atoms with Gasteiger partial charge in [0.05, 0.1) is 14.2 Å². The highest BCUT2D eigenvalue weighted by Crippen LogP contribution is 2.22. The SMILES string of the molecule is COC(=O)[C@H](Cc1ccc(OCc2ccccc2)cc1)NC(=O)CC1CCN(C(=O)CCc2cccc(OC)c2)CC1. The first-order valence-electron chi connectivity index (χ1n) is 14.5. The molecule has 1 aliphatic rings. The Kier molecular flexibility index (Phi) is 11.4. The van der Waals surface area contributed by atoms with Gasteiger partial charge in [0.15, 0.2) is 0 Å². The second-order valence-electron chi connectivity index (χ2n) is 10.6. The number of likely N-dealkylation sites (tertiary alicyclic amines) is 1. The predicted molar refractivity (Wildman–Crippen MR) is 160 cm³/mol. The molecular weight excluding hydrogens is 532 g/mol. The van der Waals surface area contributed by atoms with E-state index >= 15 is 0 Å². The number of methoxy groups -OCH3 is 2. The number of aryl methyl sites for hydroxylation is 1. The molecule has 0 bridgehead atoms. The van der Waals surface area contributed by atoms with E-state index in [0.29, 0.717) is 45.4 Å². The number of piperidine rings is 1. The third-order valence-corrected chi connectivity index (χ3v) is 7.64. The number of carbonyl (C=O) groups excluding carboxylic acids is 3. The minimum absolute atomic E-state index is 0.128. The van der Waals surface area contributed by atoms with E-state index in [0.717, 1.165) is 41.0 Å². The van der Waals surface area contributed by atoms with Gasteiger partial charge < -0.3 is 24.4 Å². The molecule has 0 unspecified atom stereocenters. The number of rotatable bonds is 13. The van der Waals surface area contributed by atoms with E-state index < -0.39 is 12.0 Å². The average Bonchev–Trinajstić information content (AvgIpc) is 3.03. The van der Waals surface area contributed by atoms with Gasteiger partial charge in [0.2, 0.25) is 11.8 Å². The van der Waals surface area contributed by atoms with Crippen LogP contribution >= 0.6 is 0 Å². The van der Waals surface area contributed by atoms with Crippen LogP contribution in [-0.2, 0) is 38.6 Å². The minimum Gasteiger partial charge on any atom is -0.497 e. The van der Waals surface area contributed by atoms with Gasteiger partial charge in [-0.3, -0.25) is 9.59 Å². The van der Waals surface area contributed by atoms with Crippen LogP contribution in [0.5, 0.6) is 11.5 Å². The van der Waals surface area contributed by atoms with Gasteiger partial charge in [-0.25, -0.2) is 4.79 Å². The Morgan fingerprint density at radius 1 is 0.857 bits per heavy atom. The highest BCUT2D eigenvalue weighted by molar-refractivity contribution is 5.84. The van der Waals surface area contributed by atoms with Crippen LogP contribution in [0.3, 0.4) is 0 Å². The van der Waals surface area contributed by atoms with Crippen molar-refractivity contribution in [3.05, 3.63) is 95.6 Å². The van der Waals surface area contributed by atoms with E-state index in [9.17, 15) is 14.4 Å².